The molecule has 0 amide bonds. The van der Waals surface area contributed by atoms with Crippen molar-refractivity contribution in [2.75, 3.05) is 5.32 Å². The number of rotatable bonds is 2. The van der Waals surface area contributed by atoms with Crippen molar-refractivity contribution in [3.8, 4) is 0 Å². The Balaban J connectivity index is 1.98. The van der Waals surface area contributed by atoms with Gasteiger partial charge in [-0.25, -0.2) is 0 Å². The Morgan fingerprint density at radius 3 is 2.56 bits per heavy atom. The van der Waals surface area contributed by atoms with Crippen molar-refractivity contribution < 1.29 is 0 Å². The zero-order valence-electron chi connectivity index (χ0n) is 10.0. The quantitative estimate of drug-likeness (QED) is 0.786. The third-order valence-corrected chi connectivity index (χ3v) is 4.77. The average Bonchev–Trinajstić information content (AvgIpc) is 2.27. The van der Waals surface area contributed by atoms with Gasteiger partial charge in [-0.05, 0) is 65.8 Å². The van der Waals surface area contributed by atoms with Crippen molar-refractivity contribution in [2.24, 2.45) is 11.8 Å². The molecule has 0 saturated heterocycles. The number of hydrogen-bond donors (Lipinski definition) is 1. The van der Waals surface area contributed by atoms with Crippen LogP contribution in [0.25, 0.3) is 0 Å². The van der Waals surface area contributed by atoms with Gasteiger partial charge in [-0.15, -0.1) is 0 Å². The lowest BCUT2D eigenvalue weighted by Crippen LogP contribution is -2.30. The number of hydrogen-bond acceptors (Lipinski definition) is 1. The predicted octanol–water partition coefficient (Wildman–Crippen LogP) is 4.53. The number of anilines is 1. The molecule has 1 fully saturated rings. The SMILES string of the molecule is CC1CCC(Nc2ccccc2I)CC1C. The second-order valence-corrected chi connectivity index (χ2v) is 6.25. The van der Waals surface area contributed by atoms with Gasteiger partial charge in [-0.3, -0.25) is 0 Å². The van der Waals surface area contributed by atoms with Crippen LogP contribution in [-0.4, -0.2) is 6.04 Å². The molecule has 0 spiro atoms. The maximum absolute atomic E-state index is 3.69. The topological polar surface area (TPSA) is 12.0 Å². The van der Waals surface area contributed by atoms with Crippen LogP contribution >= 0.6 is 22.6 Å². The Morgan fingerprint density at radius 1 is 1.12 bits per heavy atom. The van der Waals surface area contributed by atoms with Crippen LogP contribution in [-0.2, 0) is 0 Å². The standard InChI is InChI=1S/C14H20IN/c1-10-7-8-12(9-11(10)2)16-14-6-4-3-5-13(14)15/h3-6,10-12,16H,7-9H2,1-2H3. The Bertz CT molecular complexity index is 350. The van der Waals surface area contributed by atoms with E-state index < -0.39 is 0 Å². The number of halogens is 1. The van der Waals surface area contributed by atoms with Crippen molar-refractivity contribution in [1.82, 2.24) is 0 Å². The lowest BCUT2D eigenvalue weighted by atomic mass is 9.79. The van der Waals surface area contributed by atoms with Crippen LogP contribution in [0, 0.1) is 15.4 Å². The molecule has 2 heteroatoms. The minimum atomic E-state index is 0.669. The van der Waals surface area contributed by atoms with Crippen LogP contribution in [0.1, 0.15) is 33.1 Å². The predicted molar refractivity (Wildman–Crippen MR) is 78.7 cm³/mol. The van der Waals surface area contributed by atoms with Gasteiger partial charge in [0.05, 0.1) is 0 Å². The number of nitrogens with one attached hydrogen (secondary N) is 1. The van der Waals surface area contributed by atoms with Gasteiger partial charge in [-0.2, -0.15) is 0 Å². The fourth-order valence-electron chi connectivity index (χ4n) is 2.48. The Kier molecular flexibility index (Phi) is 4.11. The second-order valence-electron chi connectivity index (χ2n) is 5.09. The molecule has 3 unspecified atom stereocenters. The van der Waals surface area contributed by atoms with Crippen molar-refractivity contribution in [3.63, 3.8) is 0 Å². The minimum absolute atomic E-state index is 0.669. The van der Waals surface area contributed by atoms with Crippen LogP contribution < -0.4 is 5.32 Å². The van der Waals surface area contributed by atoms with Gasteiger partial charge in [0.15, 0.2) is 0 Å². The maximum atomic E-state index is 3.69. The van der Waals surface area contributed by atoms with Crippen LogP contribution in [0.4, 0.5) is 5.69 Å². The highest BCUT2D eigenvalue weighted by Gasteiger charge is 2.24. The monoisotopic (exact) mass is 329 g/mol. The summed E-state index contributed by atoms with van der Waals surface area (Å²) in [6.07, 6.45) is 3.99. The van der Waals surface area contributed by atoms with E-state index in [0.29, 0.717) is 6.04 Å². The third-order valence-electron chi connectivity index (χ3n) is 3.83. The first-order valence-electron chi connectivity index (χ1n) is 6.18. The van der Waals surface area contributed by atoms with Gasteiger partial charge in [0.2, 0.25) is 0 Å². The molecule has 1 aromatic rings. The smallest absolute Gasteiger partial charge is 0.0478 e. The number of para-hydroxylation sites is 1. The largest absolute Gasteiger partial charge is 0.381 e. The highest BCUT2D eigenvalue weighted by Crippen LogP contribution is 2.31. The molecule has 1 aliphatic rings. The molecule has 1 N–H and O–H groups in total. The molecule has 16 heavy (non-hydrogen) atoms. The van der Waals surface area contributed by atoms with Crippen molar-refractivity contribution in [1.29, 1.82) is 0 Å². The highest BCUT2D eigenvalue weighted by atomic mass is 127. The normalized spacial score (nSPS) is 30.1. The van der Waals surface area contributed by atoms with Crippen molar-refractivity contribution >= 4 is 28.3 Å². The number of benzene rings is 1. The van der Waals surface area contributed by atoms with Gasteiger partial charge in [0.25, 0.3) is 0 Å². The van der Waals surface area contributed by atoms with Crippen LogP contribution in [0.5, 0.6) is 0 Å². The van der Waals surface area contributed by atoms with Crippen LogP contribution in [0.2, 0.25) is 0 Å². The summed E-state index contributed by atoms with van der Waals surface area (Å²) in [6, 6.07) is 9.22. The molecule has 3 atom stereocenters. The van der Waals surface area contributed by atoms with E-state index in [1.54, 1.807) is 0 Å². The molecule has 0 heterocycles. The maximum Gasteiger partial charge on any atom is 0.0478 e. The first-order chi connectivity index (χ1) is 7.66. The lowest BCUT2D eigenvalue weighted by Gasteiger charge is -2.33. The zero-order valence-corrected chi connectivity index (χ0v) is 12.2. The van der Waals surface area contributed by atoms with E-state index in [0.717, 1.165) is 11.8 Å². The first-order valence-corrected chi connectivity index (χ1v) is 7.25. The minimum Gasteiger partial charge on any atom is -0.381 e. The first kappa shape index (κ1) is 12.2. The molecule has 2 rings (SSSR count). The molecule has 1 saturated carbocycles. The molecule has 1 nitrogen and oxygen atoms in total. The fraction of sp³-hybridized carbons (Fsp3) is 0.571. The fourth-order valence-corrected chi connectivity index (χ4v) is 3.02. The summed E-state index contributed by atoms with van der Waals surface area (Å²) in [5, 5.41) is 3.69. The summed E-state index contributed by atoms with van der Waals surface area (Å²) in [5.74, 6) is 1.75. The summed E-state index contributed by atoms with van der Waals surface area (Å²) >= 11 is 2.40. The average molecular weight is 329 g/mol. The molecule has 0 aliphatic heterocycles. The molecule has 0 radical (unpaired) electrons. The highest BCUT2D eigenvalue weighted by molar-refractivity contribution is 14.1. The van der Waals surface area contributed by atoms with Gasteiger partial charge in [0.1, 0.15) is 0 Å². The molecule has 1 aliphatic carbocycles. The van der Waals surface area contributed by atoms with Gasteiger partial charge in [0, 0.05) is 15.3 Å². The summed E-state index contributed by atoms with van der Waals surface area (Å²) in [6.45, 7) is 4.77. The Hall–Kier alpha value is -0.250. The van der Waals surface area contributed by atoms with Crippen LogP contribution in [0.3, 0.4) is 0 Å². The van der Waals surface area contributed by atoms with Crippen LogP contribution in [0.15, 0.2) is 24.3 Å². The third kappa shape index (κ3) is 2.90. The summed E-state index contributed by atoms with van der Waals surface area (Å²) < 4.78 is 1.33. The van der Waals surface area contributed by atoms with E-state index in [-0.39, 0.29) is 0 Å². The lowest BCUT2D eigenvalue weighted by molar-refractivity contribution is 0.261. The van der Waals surface area contributed by atoms with Gasteiger partial charge in [-0.1, -0.05) is 26.0 Å². The van der Waals surface area contributed by atoms with E-state index in [9.17, 15) is 0 Å². The summed E-state index contributed by atoms with van der Waals surface area (Å²) in [7, 11) is 0. The van der Waals surface area contributed by atoms with E-state index >= 15 is 0 Å². The molecule has 0 bridgehead atoms. The second kappa shape index (κ2) is 5.39. The van der Waals surface area contributed by atoms with E-state index in [1.165, 1.54) is 28.5 Å². The van der Waals surface area contributed by atoms with Gasteiger partial charge < -0.3 is 5.32 Å². The molecule has 1 aromatic carbocycles. The van der Waals surface area contributed by atoms with E-state index in [2.05, 4.69) is 66.0 Å². The van der Waals surface area contributed by atoms with Crippen molar-refractivity contribution in [2.45, 2.75) is 39.2 Å². The van der Waals surface area contributed by atoms with Gasteiger partial charge >= 0.3 is 0 Å². The molecular formula is C14H20IN. The summed E-state index contributed by atoms with van der Waals surface area (Å²) in [5.41, 5.74) is 1.30. The van der Waals surface area contributed by atoms with E-state index in [4.69, 9.17) is 0 Å². The Labute approximate surface area is 112 Å². The molecular weight excluding hydrogens is 309 g/mol. The zero-order chi connectivity index (χ0) is 11.5. The Morgan fingerprint density at radius 2 is 1.88 bits per heavy atom. The summed E-state index contributed by atoms with van der Waals surface area (Å²) in [4.78, 5) is 0. The van der Waals surface area contributed by atoms with Crippen molar-refractivity contribution in [3.05, 3.63) is 27.8 Å². The molecule has 0 aromatic heterocycles. The molecule has 88 valence electrons. The van der Waals surface area contributed by atoms with E-state index in [1.807, 2.05) is 0 Å².